The summed E-state index contributed by atoms with van der Waals surface area (Å²) < 4.78 is 11.1. The van der Waals surface area contributed by atoms with Gasteiger partial charge >= 0.3 is 5.97 Å². The Bertz CT molecular complexity index is 1160. The van der Waals surface area contributed by atoms with Crippen molar-refractivity contribution in [3.05, 3.63) is 52.8 Å². The van der Waals surface area contributed by atoms with Gasteiger partial charge in [-0.15, -0.1) is 0 Å². The van der Waals surface area contributed by atoms with Gasteiger partial charge < -0.3 is 19.7 Å². The van der Waals surface area contributed by atoms with Gasteiger partial charge in [0.1, 0.15) is 5.02 Å². The molecule has 166 valence electrons. The minimum atomic E-state index is -0.789. The van der Waals surface area contributed by atoms with Crippen molar-refractivity contribution in [1.29, 1.82) is 0 Å². The van der Waals surface area contributed by atoms with Crippen LogP contribution in [0.1, 0.15) is 50.3 Å². The molecule has 1 aromatic carbocycles. The second kappa shape index (κ2) is 9.40. The van der Waals surface area contributed by atoms with Gasteiger partial charge in [0.25, 0.3) is 5.89 Å². The van der Waals surface area contributed by atoms with Crippen LogP contribution >= 0.6 is 11.6 Å². The highest BCUT2D eigenvalue weighted by Gasteiger charge is 2.22. The topological polar surface area (TPSA) is 110 Å². The fourth-order valence-electron chi connectivity index (χ4n) is 3.60. The maximum Gasteiger partial charge on any atom is 0.303 e. The molecule has 0 aliphatic carbocycles. The number of halogens is 1. The Kier molecular flexibility index (Phi) is 6.41. The van der Waals surface area contributed by atoms with Crippen molar-refractivity contribution in [2.75, 3.05) is 0 Å². The SMILES string of the molecule is CC(C)Oc1ncc(-c2nc(-c3cccc4c3C=CNC4CCCC(=O)O)no2)cc1Cl. The molecular formula is C23H23ClN4O4. The lowest BCUT2D eigenvalue weighted by Gasteiger charge is -2.24. The van der Waals surface area contributed by atoms with Crippen LogP contribution < -0.4 is 10.1 Å². The molecule has 0 radical (unpaired) electrons. The highest BCUT2D eigenvalue weighted by Crippen LogP contribution is 2.35. The van der Waals surface area contributed by atoms with Crippen LogP contribution in [0.5, 0.6) is 5.88 Å². The van der Waals surface area contributed by atoms with Crippen LogP contribution in [0.3, 0.4) is 0 Å². The molecule has 0 saturated carbocycles. The van der Waals surface area contributed by atoms with Gasteiger partial charge in [-0.25, -0.2) is 4.98 Å². The molecule has 2 aromatic heterocycles. The summed E-state index contributed by atoms with van der Waals surface area (Å²) in [6, 6.07) is 7.61. The summed E-state index contributed by atoms with van der Waals surface area (Å²) in [6.45, 7) is 3.80. The zero-order chi connectivity index (χ0) is 22.7. The summed E-state index contributed by atoms with van der Waals surface area (Å²) in [5.74, 6) is 0.322. The van der Waals surface area contributed by atoms with Crippen LogP contribution in [0.25, 0.3) is 28.9 Å². The smallest absolute Gasteiger partial charge is 0.303 e. The minimum absolute atomic E-state index is 0.0252. The number of hydrogen-bond acceptors (Lipinski definition) is 7. The van der Waals surface area contributed by atoms with E-state index in [-0.39, 0.29) is 18.6 Å². The van der Waals surface area contributed by atoms with Crippen LogP contribution in [-0.4, -0.2) is 32.3 Å². The Morgan fingerprint density at radius 2 is 2.22 bits per heavy atom. The van der Waals surface area contributed by atoms with Crippen molar-refractivity contribution >= 4 is 23.6 Å². The van der Waals surface area contributed by atoms with Crippen LogP contribution in [-0.2, 0) is 4.79 Å². The van der Waals surface area contributed by atoms with Crippen LogP contribution in [0, 0.1) is 0 Å². The molecule has 0 amide bonds. The average molecular weight is 455 g/mol. The van der Waals surface area contributed by atoms with Crippen molar-refractivity contribution in [2.24, 2.45) is 0 Å². The number of ether oxygens (including phenoxy) is 1. The average Bonchev–Trinajstić information content (AvgIpc) is 3.24. The first kappa shape index (κ1) is 21.8. The summed E-state index contributed by atoms with van der Waals surface area (Å²) in [6.07, 6.45) is 6.81. The maximum absolute atomic E-state index is 10.9. The summed E-state index contributed by atoms with van der Waals surface area (Å²) in [5.41, 5.74) is 3.48. The van der Waals surface area contributed by atoms with Gasteiger partial charge in [-0.2, -0.15) is 4.98 Å². The van der Waals surface area contributed by atoms with Crippen molar-refractivity contribution in [3.8, 4) is 28.7 Å². The van der Waals surface area contributed by atoms with E-state index < -0.39 is 5.97 Å². The quantitative estimate of drug-likeness (QED) is 0.483. The number of benzene rings is 1. The van der Waals surface area contributed by atoms with E-state index >= 15 is 0 Å². The van der Waals surface area contributed by atoms with Crippen molar-refractivity contribution in [2.45, 2.75) is 45.3 Å². The monoisotopic (exact) mass is 454 g/mol. The molecule has 1 aliphatic rings. The van der Waals surface area contributed by atoms with E-state index in [4.69, 9.17) is 26.0 Å². The van der Waals surface area contributed by atoms with E-state index in [1.165, 1.54) is 0 Å². The number of carboxylic acids is 1. The van der Waals surface area contributed by atoms with Crippen molar-refractivity contribution in [3.63, 3.8) is 0 Å². The molecule has 1 atom stereocenters. The van der Waals surface area contributed by atoms with E-state index in [9.17, 15) is 4.79 Å². The maximum atomic E-state index is 10.9. The zero-order valence-electron chi connectivity index (χ0n) is 17.7. The molecule has 0 fully saturated rings. The lowest BCUT2D eigenvalue weighted by atomic mass is 9.90. The standard InChI is InChI=1S/C23H23ClN4O4/c1-13(2)31-23-18(24)11-14(12-26-23)22-27-21(28-32-22)17-6-3-5-16-15(17)9-10-25-19(16)7-4-8-20(29)30/h3,5-6,9-13,19,25H,4,7-8H2,1-2H3,(H,29,30). The second-order valence-electron chi connectivity index (χ2n) is 7.75. The molecular weight excluding hydrogens is 432 g/mol. The predicted molar refractivity (Wildman–Crippen MR) is 120 cm³/mol. The molecule has 3 aromatic rings. The van der Waals surface area contributed by atoms with Crippen LogP contribution in [0.15, 0.2) is 41.2 Å². The lowest BCUT2D eigenvalue weighted by molar-refractivity contribution is -0.137. The van der Waals surface area contributed by atoms with E-state index in [0.29, 0.717) is 41.0 Å². The first-order valence-corrected chi connectivity index (χ1v) is 10.7. The third-order valence-corrected chi connectivity index (χ3v) is 5.29. The first-order valence-electron chi connectivity index (χ1n) is 10.4. The number of carbonyl (C=O) groups is 1. The zero-order valence-corrected chi connectivity index (χ0v) is 18.5. The van der Waals surface area contributed by atoms with E-state index in [1.807, 2.05) is 44.3 Å². The Hall–Kier alpha value is -3.39. The molecule has 1 unspecified atom stereocenters. The molecule has 3 heterocycles. The molecule has 2 N–H and O–H groups in total. The second-order valence-corrected chi connectivity index (χ2v) is 8.15. The van der Waals surface area contributed by atoms with Gasteiger partial charge in [-0.05, 0) is 56.2 Å². The molecule has 0 bridgehead atoms. The summed E-state index contributed by atoms with van der Waals surface area (Å²) in [5, 5.41) is 16.8. The van der Waals surface area contributed by atoms with Gasteiger partial charge in [0.2, 0.25) is 11.7 Å². The Labute approximate surface area is 190 Å². The molecule has 32 heavy (non-hydrogen) atoms. The largest absolute Gasteiger partial charge is 0.481 e. The molecule has 0 saturated heterocycles. The number of nitrogens with zero attached hydrogens (tertiary/aromatic N) is 3. The highest BCUT2D eigenvalue weighted by molar-refractivity contribution is 6.32. The number of nitrogens with one attached hydrogen (secondary N) is 1. The number of aromatic nitrogens is 3. The van der Waals surface area contributed by atoms with Gasteiger partial charge in [-0.3, -0.25) is 4.79 Å². The fraction of sp³-hybridized carbons (Fsp3) is 0.304. The minimum Gasteiger partial charge on any atom is -0.481 e. The lowest BCUT2D eigenvalue weighted by Crippen LogP contribution is -2.20. The van der Waals surface area contributed by atoms with Crippen molar-refractivity contribution in [1.82, 2.24) is 20.4 Å². The summed E-state index contributed by atoms with van der Waals surface area (Å²) >= 11 is 6.29. The molecule has 0 spiro atoms. The van der Waals surface area contributed by atoms with Crippen molar-refractivity contribution < 1.29 is 19.2 Å². The number of carboxylic acid groups (broad SMARTS) is 1. The molecule has 9 heteroatoms. The van der Waals surface area contributed by atoms with E-state index in [1.54, 1.807) is 12.3 Å². The molecule has 4 rings (SSSR count). The van der Waals surface area contributed by atoms with Gasteiger partial charge in [-0.1, -0.05) is 35.0 Å². The molecule has 8 nitrogen and oxygen atoms in total. The first-order chi connectivity index (χ1) is 15.4. The van der Waals surface area contributed by atoms with Gasteiger partial charge in [0, 0.05) is 18.2 Å². The predicted octanol–water partition coefficient (Wildman–Crippen LogP) is 5.11. The van der Waals surface area contributed by atoms with E-state index in [2.05, 4.69) is 20.4 Å². The Morgan fingerprint density at radius 1 is 1.38 bits per heavy atom. The Balaban J connectivity index is 1.60. The number of aliphatic carboxylic acids is 1. The van der Waals surface area contributed by atoms with Gasteiger partial charge in [0.15, 0.2) is 0 Å². The highest BCUT2D eigenvalue weighted by atomic mass is 35.5. The Morgan fingerprint density at radius 3 is 2.97 bits per heavy atom. The third kappa shape index (κ3) is 4.75. The van der Waals surface area contributed by atoms with Crippen LogP contribution in [0.2, 0.25) is 5.02 Å². The summed E-state index contributed by atoms with van der Waals surface area (Å²) in [7, 11) is 0. The fourth-order valence-corrected chi connectivity index (χ4v) is 3.81. The number of pyridine rings is 1. The molecule has 1 aliphatic heterocycles. The number of hydrogen-bond donors (Lipinski definition) is 2. The number of fused-ring (bicyclic) bond motifs is 1. The summed E-state index contributed by atoms with van der Waals surface area (Å²) in [4.78, 5) is 19.7. The third-order valence-electron chi connectivity index (χ3n) is 5.01. The normalized spacial score (nSPS) is 14.8. The van der Waals surface area contributed by atoms with Gasteiger partial charge in [0.05, 0.1) is 17.7 Å². The van der Waals surface area contributed by atoms with Crippen LogP contribution in [0.4, 0.5) is 0 Å². The number of rotatable bonds is 8. The van der Waals surface area contributed by atoms with E-state index in [0.717, 1.165) is 16.7 Å².